The van der Waals surface area contributed by atoms with Crippen molar-refractivity contribution in [3.8, 4) is 11.5 Å². The first-order chi connectivity index (χ1) is 12.0. The number of methoxy groups -OCH3 is 1. The summed E-state index contributed by atoms with van der Waals surface area (Å²) in [7, 11) is 1.62. The molecule has 0 radical (unpaired) electrons. The van der Waals surface area contributed by atoms with Crippen LogP contribution in [-0.4, -0.2) is 19.1 Å². The summed E-state index contributed by atoms with van der Waals surface area (Å²) in [6.07, 6.45) is 0.303. The van der Waals surface area contributed by atoms with Crippen LogP contribution in [0, 0.1) is 5.92 Å². The normalized spacial score (nSPS) is 13.2. The fourth-order valence-electron chi connectivity index (χ4n) is 2.64. The van der Waals surface area contributed by atoms with E-state index in [2.05, 4.69) is 19.2 Å². The third kappa shape index (κ3) is 5.82. The SMILES string of the molecule is COc1ccc(OC(C)C(=O)NC(CC(C)C)c2ccccc2)cc1. The Labute approximate surface area is 150 Å². The number of hydrogen-bond donors (Lipinski definition) is 1. The van der Waals surface area contributed by atoms with Gasteiger partial charge >= 0.3 is 0 Å². The number of hydrogen-bond acceptors (Lipinski definition) is 3. The molecule has 4 heteroatoms. The van der Waals surface area contributed by atoms with Crippen LogP contribution in [0.25, 0.3) is 0 Å². The molecule has 0 fully saturated rings. The second-order valence-electron chi connectivity index (χ2n) is 6.54. The Hall–Kier alpha value is -2.49. The maximum absolute atomic E-state index is 12.6. The van der Waals surface area contributed by atoms with E-state index < -0.39 is 6.10 Å². The predicted octanol–water partition coefficient (Wildman–Crippen LogP) is 4.37. The molecule has 134 valence electrons. The van der Waals surface area contributed by atoms with Crippen molar-refractivity contribution in [2.24, 2.45) is 5.92 Å². The fraction of sp³-hybridized carbons (Fsp3) is 0.381. The highest BCUT2D eigenvalue weighted by atomic mass is 16.5. The zero-order valence-corrected chi connectivity index (χ0v) is 15.4. The molecular weight excluding hydrogens is 314 g/mol. The molecule has 2 unspecified atom stereocenters. The van der Waals surface area contributed by atoms with E-state index in [0.717, 1.165) is 17.7 Å². The summed E-state index contributed by atoms with van der Waals surface area (Å²) in [6, 6.07) is 17.2. The molecule has 0 aliphatic rings. The number of carbonyl (C=O) groups is 1. The van der Waals surface area contributed by atoms with Gasteiger partial charge in [0.05, 0.1) is 13.2 Å². The summed E-state index contributed by atoms with van der Waals surface area (Å²) < 4.78 is 10.9. The maximum Gasteiger partial charge on any atom is 0.261 e. The lowest BCUT2D eigenvalue weighted by Crippen LogP contribution is -2.39. The van der Waals surface area contributed by atoms with Crippen molar-refractivity contribution in [2.75, 3.05) is 7.11 Å². The number of carbonyl (C=O) groups excluding carboxylic acids is 1. The minimum Gasteiger partial charge on any atom is -0.497 e. The Morgan fingerprint density at radius 3 is 2.12 bits per heavy atom. The second kappa shape index (κ2) is 9.11. The Balaban J connectivity index is 2.01. The number of benzene rings is 2. The van der Waals surface area contributed by atoms with Gasteiger partial charge in [-0.05, 0) is 49.1 Å². The average molecular weight is 341 g/mol. The molecule has 1 amide bonds. The molecule has 2 aromatic carbocycles. The van der Waals surface area contributed by atoms with Crippen LogP contribution in [0.15, 0.2) is 54.6 Å². The molecule has 0 saturated carbocycles. The lowest BCUT2D eigenvalue weighted by atomic mass is 9.97. The van der Waals surface area contributed by atoms with Gasteiger partial charge in [-0.25, -0.2) is 0 Å². The first-order valence-electron chi connectivity index (χ1n) is 8.65. The van der Waals surface area contributed by atoms with Crippen molar-refractivity contribution in [1.29, 1.82) is 0 Å². The molecule has 1 N–H and O–H groups in total. The molecule has 0 aliphatic carbocycles. The largest absolute Gasteiger partial charge is 0.497 e. The second-order valence-corrected chi connectivity index (χ2v) is 6.54. The lowest BCUT2D eigenvalue weighted by Gasteiger charge is -2.23. The zero-order valence-electron chi connectivity index (χ0n) is 15.4. The number of nitrogens with one attached hydrogen (secondary N) is 1. The zero-order chi connectivity index (χ0) is 18.2. The Morgan fingerprint density at radius 2 is 1.56 bits per heavy atom. The van der Waals surface area contributed by atoms with Crippen molar-refractivity contribution in [1.82, 2.24) is 5.32 Å². The van der Waals surface area contributed by atoms with Crippen molar-refractivity contribution in [2.45, 2.75) is 39.3 Å². The van der Waals surface area contributed by atoms with Crippen molar-refractivity contribution in [3.05, 3.63) is 60.2 Å². The van der Waals surface area contributed by atoms with Gasteiger partial charge in [0, 0.05) is 0 Å². The van der Waals surface area contributed by atoms with E-state index in [-0.39, 0.29) is 11.9 Å². The minimum atomic E-state index is -0.577. The van der Waals surface area contributed by atoms with Gasteiger partial charge < -0.3 is 14.8 Å². The van der Waals surface area contributed by atoms with E-state index in [1.54, 1.807) is 26.2 Å². The minimum absolute atomic E-state index is 0.0179. The van der Waals surface area contributed by atoms with E-state index in [1.807, 2.05) is 42.5 Å². The predicted molar refractivity (Wildman–Crippen MR) is 99.9 cm³/mol. The van der Waals surface area contributed by atoms with E-state index in [9.17, 15) is 4.79 Å². The van der Waals surface area contributed by atoms with E-state index in [4.69, 9.17) is 9.47 Å². The third-order valence-corrected chi connectivity index (χ3v) is 3.97. The molecule has 0 aromatic heterocycles. The molecule has 0 heterocycles. The average Bonchev–Trinajstić information content (AvgIpc) is 2.62. The summed E-state index contributed by atoms with van der Waals surface area (Å²) in [5, 5.41) is 3.12. The Morgan fingerprint density at radius 1 is 0.960 bits per heavy atom. The van der Waals surface area contributed by atoms with Crippen LogP contribution in [0.1, 0.15) is 38.8 Å². The van der Waals surface area contributed by atoms with Crippen molar-refractivity contribution in [3.63, 3.8) is 0 Å². The monoisotopic (exact) mass is 341 g/mol. The summed E-state index contributed by atoms with van der Waals surface area (Å²) in [5.74, 6) is 1.75. The van der Waals surface area contributed by atoms with Crippen LogP contribution in [0.4, 0.5) is 0 Å². The van der Waals surface area contributed by atoms with Gasteiger partial charge in [-0.3, -0.25) is 4.79 Å². The number of ether oxygens (including phenoxy) is 2. The highest BCUT2D eigenvalue weighted by Crippen LogP contribution is 2.22. The van der Waals surface area contributed by atoms with Crippen molar-refractivity contribution < 1.29 is 14.3 Å². The summed E-state index contributed by atoms with van der Waals surface area (Å²) in [6.45, 7) is 6.07. The van der Waals surface area contributed by atoms with Crippen LogP contribution < -0.4 is 14.8 Å². The molecule has 2 atom stereocenters. The van der Waals surface area contributed by atoms with E-state index in [0.29, 0.717) is 11.7 Å². The Kier molecular flexibility index (Phi) is 6.87. The van der Waals surface area contributed by atoms with E-state index >= 15 is 0 Å². The quantitative estimate of drug-likeness (QED) is 0.776. The van der Waals surface area contributed by atoms with Crippen molar-refractivity contribution >= 4 is 5.91 Å². The maximum atomic E-state index is 12.6. The smallest absolute Gasteiger partial charge is 0.261 e. The first kappa shape index (κ1) is 18.8. The molecule has 2 aromatic rings. The topological polar surface area (TPSA) is 47.6 Å². The Bertz CT molecular complexity index is 653. The molecule has 2 rings (SSSR count). The molecule has 0 spiro atoms. The van der Waals surface area contributed by atoms with Gasteiger partial charge in [-0.1, -0.05) is 44.2 Å². The molecule has 0 saturated heterocycles. The van der Waals surface area contributed by atoms with Crippen LogP contribution in [0.2, 0.25) is 0 Å². The fourth-order valence-corrected chi connectivity index (χ4v) is 2.64. The van der Waals surface area contributed by atoms with Gasteiger partial charge in [-0.15, -0.1) is 0 Å². The van der Waals surface area contributed by atoms with Crippen LogP contribution >= 0.6 is 0 Å². The number of amides is 1. The van der Waals surface area contributed by atoms with Gasteiger partial charge in [-0.2, -0.15) is 0 Å². The van der Waals surface area contributed by atoms with Crippen LogP contribution in [0.5, 0.6) is 11.5 Å². The van der Waals surface area contributed by atoms with E-state index in [1.165, 1.54) is 0 Å². The van der Waals surface area contributed by atoms with Gasteiger partial charge in [0.25, 0.3) is 5.91 Å². The molecule has 4 nitrogen and oxygen atoms in total. The molecular formula is C21H27NO3. The lowest BCUT2D eigenvalue weighted by molar-refractivity contribution is -0.128. The van der Waals surface area contributed by atoms with Crippen LogP contribution in [-0.2, 0) is 4.79 Å². The molecule has 0 aliphatic heterocycles. The highest BCUT2D eigenvalue weighted by Gasteiger charge is 2.21. The highest BCUT2D eigenvalue weighted by molar-refractivity contribution is 5.81. The third-order valence-electron chi connectivity index (χ3n) is 3.97. The molecule has 25 heavy (non-hydrogen) atoms. The van der Waals surface area contributed by atoms with Gasteiger partial charge in [0.1, 0.15) is 11.5 Å². The summed E-state index contributed by atoms with van der Waals surface area (Å²) in [5.41, 5.74) is 1.11. The number of rotatable bonds is 8. The van der Waals surface area contributed by atoms with Gasteiger partial charge in [0.15, 0.2) is 6.10 Å². The first-order valence-corrected chi connectivity index (χ1v) is 8.65. The van der Waals surface area contributed by atoms with Gasteiger partial charge in [0.2, 0.25) is 0 Å². The summed E-state index contributed by atoms with van der Waals surface area (Å²) >= 11 is 0. The standard InChI is InChI=1S/C21H27NO3/c1-15(2)14-20(17-8-6-5-7-9-17)22-21(23)16(3)25-19-12-10-18(24-4)11-13-19/h5-13,15-16,20H,14H2,1-4H3,(H,22,23). The molecule has 0 bridgehead atoms. The summed E-state index contributed by atoms with van der Waals surface area (Å²) in [4.78, 5) is 12.6. The van der Waals surface area contributed by atoms with Crippen LogP contribution in [0.3, 0.4) is 0 Å².